The molecular weight excluding hydrogens is 176 g/mol. The molecular formula is C11H18N2O. The van der Waals surface area contributed by atoms with Gasteiger partial charge in [-0.1, -0.05) is 0 Å². The Morgan fingerprint density at radius 3 is 2.57 bits per heavy atom. The molecule has 0 aromatic carbocycles. The van der Waals surface area contributed by atoms with Crippen molar-refractivity contribution in [2.24, 2.45) is 0 Å². The SMILES string of the molecule is COC(C)(C)CNCc1ccncc1. The molecule has 0 aliphatic heterocycles. The summed E-state index contributed by atoms with van der Waals surface area (Å²) in [5.41, 5.74) is 1.14. The molecule has 0 fully saturated rings. The maximum atomic E-state index is 5.30. The van der Waals surface area contributed by atoms with Crippen LogP contribution in [0.3, 0.4) is 0 Å². The number of ether oxygens (including phenoxy) is 1. The van der Waals surface area contributed by atoms with Crippen LogP contribution in [0.2, 0.25) is 0 Å². The van der Waals surface area contributed by atoms with Crippen molar-refractivity contribution in [2.75, 3.05) is 13.7 Å². The largest absolute Gasteiger partial charge is 0.377 e. The van der Waals surface area contributed by atoms with Gasteiger partial charge >= 0.3 is 0 Å². The number of methoxy groups -OCH3 is 1. The van der Waals surface area contributed by atoms with E-state index < -0.39 is 0 Å². The zero-order valence-corrected chi connectivity index (χ0v) is 9.08. The highest BCUT2D eigenvalue weighted by Gasteiger charge is 2.14. The average Bonchev–Trinajstić information content (AvgIpc) is 2.19. The maximum Gasteiger partial charge on any atom is 0.0746 e. The molecule has 14 heavy (non-hydrogen) atoms. The first-order valence-electron chi connectivity index (χ1n) is 4.79. The average molecular weight is 194 g/mol. The number of rotatable bonds is 5. The van der Waals surface area contributed by atoms with Crippen molar-refractivity contribution in [1.29, 1.82) is 0 Å². The van der Waals surface area contributed by atoms with E-state index in [9.17, 15) is 0 Å². The van der Waals surface area contributed by atoms with Gasteiger partial charge in [0, 0.05) is 32.6 Å². The van der Waals surface area contributed by atoms with Crippen molar-refractivity contribution in [3.8, 4) is 0 Å². The van der Waals surface area contributed by atoms with Gasteiger partial charge in [-0.15, -0.1) is 0 Å². The number of nitrogens with zero attached hydrogens (tertiary/aromatic N) is 1. The van der Waals surface area contributed by atoms with Crippen molar-refractivity contribution < 1.29 is 4.74 Å². The van der Waals surface area contributed by atoms with Crippen molar-refractivity contribution in [3.63, 3.8) is 0 Å². The topological polar surface area (TPSA) is 34.1 Å². The first kappa shape index (κ1) is 11.1. The second kappa shape index (κ2) is 5.08. The second-order valence-corrected chi connectivity index (χ2v) is 3.92. The highest BCUT2D eigenvalue weighted by atomic mass is 16.5. The molecule has 0 saturated carbocycles. The number of pyridine rings is 1. The van der Waals surface area contributed by atoms with Crippen LogP contribution in [0.1, 0.15) is 19.4 Å². The molecule has 1 rings (SSSR count). The van der Waals surface area contributed by atoms with Gasteiger partial charge in [0.1, 0.15) is 0 Å². The smallest absolute Gasteiger partial charge is 0.0746 e. The molecule has 0 aliphatic carbocycles. The van der Waals surface area contributed by atoms with Crippen LogP contribution in [0.15, 0.2) is 24.5 Å². The molecule has 1 heterocycles. The molecule has 3 nitrogen and oxygen atoms in total. The van der Waals surface area contributed by atoms with Gasteiger partial charge in [-0.05, 0) is 31.5 Å². The Hall–Kier alpha value is -0.930. The molecule has 1 aromatic heterocycles. The lowest BCUT2D eigenvalue weighted by Crippen LogP contribution is -2.36. The van der Waals surface area contributed by atoms with E-state index in [0.29, 0.717) is 0 Å². The Labute approximate surface area is 85.5 Å². The molecule has 78 valence electrons. The number of aromatic nitrogens is 1. The van der Waals surface area contributed by atoms with E-state index in [0.717, 1.165) is 13.1 Å². The third kappa shape index (κ3) is 3.85. The monoisotopic (exact) mass is 194 g/mol. The molecule has 1 N–H and O–H groups in total. The number of hydrogen-bond acceptors (Lipinski definition) is 3. The van der Waals surface area contributed by atoms with Crippen LogP contribution in [0.25, 0.3) is 0 Å². The summed E-state index contributed by atoms with van der Waals surface area (Å²) in [5, 5.41) is 3.34. The molecule has 1 aromatic rings. The Morgan fingerprint density at radius 2 is 2.00 bits per heavy atom. The summed E-state index contributed by atoms with van der Waals surface area (Å²) in [6.45, 7) is 5.82. The lowest BCUT2D eigenvalue weighted by Gasteiger charge is -2.23. The zero-order valence-electron chi connectivity index (χ0n) is 9.08. The van der Waals surface area contributed by atoms with Crippen molar-refractivity contribution >= 4 is 0 Å². The normalized spacial score (nSPS) is 11.6. The lowest BCUT2D eigenvalue weighted by molar-refractivity contribution is 0.0230. The predicted molar refractivity (Wildman–Crippen MR) is 57.0 cm³/mol. The first-order chi connectivity index (χ1) is 6.64. The third-order valence-electron chi connectivity index (χ3n) is 2.18. The van der Waals surface area contributed by atoms with Gasteiger partial charge in [-0.3, -0.25) is 4.98 Å². The van der Waals surface area contributed by atoms with Gasteiger partial charge in [0.05, 0.1) is 5.60 Å². The molecule has 0 unspecified atom stereocenters. The highest BCUT2D eigenvalue weighted by molar-refractivity contribution is 5.09. The van der Waals surface area contributed by atoms with Gasteiger partial charge in [0.25, 0.3) is 0 Å². The number of hydrogen-bond donors (Lipinski definition) is 1. The van der Waals surface area contributed by atoms with E-state index in [-0.39, 0.29) is 5.60 Å². The van der Waals surface area contributed by atoms with Crippen LogP contribution in [0.4, 0.5) is 0 Å². The lowest BCUT2D eigenvalue weighted by atomic mass is 10.1. The molecule has 0 aliphatic rings. The fourth-order valence-electron chi connectivity index (χ4n) is 1.08. The van der Waals surface area contributed by atoms with Gasteiger partial charge in [0.15, 0.2) is 0 Å². The second-order valence-electron chi connectivity index (χ2n) is 3.92. The molecule has 0 spiro atoms. The quantitative estimate of drug-likeness (QED) is 0.773. The van der Waals surface area contributed by atoms with Crippen LogP contribution >= 0.6 is 0 Å². The summed E-state index contributed by atoms with van der Waals surface area (Å²) in [6.07, 6.45) is 3.61. The van der Waals surface area contributed by atoms with Crippen molar-refractivity contribution in [3.05, 3.63) is 30.1 Å². The first-order valence-corrected chi connectivity index (χ1v) is 4.79. The van der Waals surface area contributed by atoms with Gasteiger partial charge < -0.3 is 10.1 Å². The van der Waals surface area contributed by atoms with Crippen molar-refractivity contribution in [1.82, 2.24) is 10.3 Å². The van der Waals surface area contributed by atoms with Crippen molar-refractivity contribution in [2.45, 2.75) is 26.0 Å². The van der Waals surface area contributed by atoms with Gasteiger partial charge in [-0.2, -0.15) is 0 Å². The summed E-state index contributed by atoms with van der Waals surface area (Å²) < 4.78 is 5.30. The minimum absolute atomic E-state index is 0.104. The standard InChI is InChI=1S/C11H18N2O/c1-11(2,14-3)9-13-8-10-4-6-12-7-5-10/h4-7,13H,8-9H2,1-3H3. The zero-order chi connectivity index (χ0) is 10.4. The predicted octanol–water partition coefficient (Wildman–Crippen LogP) is 1.60. The summed E-state index contributed by atoms with van der Waals surface area (Å²) in [5.74, 6) is 0. The highest BCUT2D eigenvalue weighted by Crippen LogP contribution is 2.05. The van der Waals surface area contributed by atoms with E-state index in [4.69, 9.17) is 4.74 Å². The number of nitrogens with one attached hydrogen (secondary N) is 1. The summed E-state index contributed by atoms with van der Waals surface area (Å²) in [7, 11) is 1.73. The Morgan fingerprint density at radius 1 is 1.36 bits per heavy atom. The van der Waals surface area contributed by atoms with Gasteiger partial charge in [-0.25, -0.2) is 0 Å². The summed E-state index contributed by atoms with van der Waals surface area (Å²) >= 11 is 0. The van der Waals surface area contributed by atoms with Crippen LogP contribution in [-0.2, 0) is 11.3 Å². The summed E-state index contributed by atoms with van der Waals surface area (Å²) in [4.78, 5) is 3.97. The maximum absolute atomic E-state index is 5.30. The van der Waals surface area contributed by atoms with Crippen LogP contribution in [-0.4, -0.2) is 24.2 Å². The fraction of sp³-hybridized carbons (Fsp3) is 0.545. The molecule has 3 heteroatoms. The third-order valence-corrected chi connectivity index (χ3v) is 2.18. The van der Waals surface area contributed by atoms with E-state index >= 15 is 0 Å². The molecule has 0 bridgehead atoms. The molecule has 0 atom stereocenters. The summed E-state index contributed by atoms with van der Waals surface area (Å²) in [6, 6.07) is 4.01. The molecule has 0 saturated heterocycles. The Kier molecular flexibility index (Phi) is 4.04. The Bertz CT molecular complexity index is 259. The van der Waals surface area contributed by atoms with Gasteiger partial charge in [0.2, 0.25) is 0 Å². The Balaban J connectivity index is 2.29. The molecule has 0 radical (unpaired) electrons. The minimum atomic E-state index is -0.104. The minimum Gasteiger partial charge on any atom is -0.377 e. The van der Waals surface area contributed by atoms with Crippen LogP contribution in [0, 0.1) is 0 Å². The van der Waals surface area contributed by atoms with E-state index in [1.54, 1.807) is 19.5 Å². The van der Waals surface area contributed by atoms with E-state index in [1.807, 2.05) is 12.1 Å². The van der Waals surface area contributed by atoms with Crippen LogP contribution in [0.5, 0.6) is 0 Å². The van der Waals surface area contributed by atoms with E-state index in [2.05, 4.69) is 24.1 Å². The molecule has 0 amide bonds. The van der Waals surface area contributed by atoms with E-state index in [1.165, 1.54) is 5.56 Å². The fourth-order valence-corrected chi connectivity index (χ4v) is 1.08. The van der Waals surface area contributed by atoms with Crippen LogP contribution < -0.4 is 5.32 Å².